The van der Waals surface area contributed by atoms with Crippen molar-refractivity contribution in [2.75, 3.05) is 11.9 Å². The maximum atomic E-state index is 12.3. The molecule has 0 radical (unpaired) electrons. The quantitative estimate of drug-likeness (QED) is 0.730. The van der Waals surface area contributed by atoms with Crippen LogP contribution in [0.3, 0.4) is 0 Å². The van der Waals surface area contributed by atoms with Crippen molar-refractivity contribution < 1.29 is 10.1 Å². The summed E-state index contributed by atoms with van der Waals surface area (Å²) in [6, 6.07) is 21.9. The minimum absolute atomic E-state index is 0.00725. The molecule has 24 heavy (non-hydrogen) atoms. The summed E-state index contributed by atoms with van der Waals surface area (Å²) >= 11 is 5.91. The highest BCUT2D eigenvalue weighted by Crippen LogP contribution is 2.22. The molecule has 3 N–H and O–H groups in total. The van der Waals surface area contributed by atoms with Crippen LogP contribution < -0.4 is 10.6 Å². The van der Waals surface area contributed by atoms with Gasteiger partial charge in [-0.3, -0.25) is 4.79 Å². The Balaban J connectivity index is 1.62. The highest BCUT2D eigenvalue weighted by Gasteiger charge is 2.12. The minimum Gasteiger partial charge on any atom is -0.333 e. The highest BCUT2D eigenvalue weighted by atomic mass is 35.5. The average Bonchev–Trinajstić information content (AvgIpc) is 2.61. The van der Waals surface area contributed by atoms with Crippen LogP contribution in [0, 0.1) is 0 Å². The number of hydrogen-bond donors (Lipinski definition) is 2. The van der Waals surface area contributed by atoms with Gasteiger partial charge in [-0.25, -0.2) is 0 Å². The summed E-state index contributed by atoms with van der Waals surface area (Å²) in [4.78, 5) is 12.3. The van der Waals surface area contributed by atoms with Crippen molar-refractivity contribution >= 4 is 34.0 Å². The van der Waals surface area contributed by atoms with E-state index >= 15 is 0 Å². The van der Waals surface area contributed by atoms with Gasteiger partial charge in [0.2, 0.25) is 0 Å². The number of hydrogen-bond acceptors (Lipinski definition) is 1. The molecule has 0 saturated carbocycles. The van der Waals surface area contributed by atoms with Gasteiger partial charge in [0.25, 0.3) is 5.91 Å². The molecule has 1 amide bonds. The van der Waals surface area contributed by atoms with Gasteiger partial charge in [0.15, 0.2) is 6.54 Å². The summed E-state index contributed by atoms with van der Waals surface area (Å²) in [5, 5.41) is 7.92. The van der Waals surface area contributed by atoms with Crippen molar-refractivity contribution in [3.8, 4) is 0 Å². The third kappa shape index (κ3) is 3.94. The monoisotopic (exact) mass is 339 g/mol. The number of carbonyl (C=O) groups is 1. The average molecular weight is 340 g/mol. The van der Waals surface area contributed by atoms with Crippen LogP contribution in [0.5, 0.6) is 0 Å². The van der Waals surface area contributed by atoms with Crippen LogP contribution in [0.2, 0.25) is 5.02 Å². The molecule has 3 aromatic carbocycles. The number of halogens is 1. The molecule has 122 valence electrons. The lowest BCUT2D eigenvalue weighted by Crippen LogP contribution is -2.86. The molecule has 0 unspecified atom stereocenters. The molecule has 3 rings (SSSR count). The van der Waals surface area contributed by atoms with Crippen LogP contribution in [0.25, 0.3) is 10.8 Å². The number of rotatable bonds is 5. The summed E-state index contributed by atoms with van der Waals surface area (Å²) in [6.45, 7) is 2.45. The van der Waals surface area contributed by atoms with E-state index in [1.807, 2.05) is 72.0 Å². The van der Waals surface area contributed by atoms with Gasteiger partial charge in [-0.1, -0.05) is 60.1 Å². The maximum Gasteiger partial charge on any atom is 0.279 e. The molecule has 0 aliphatic rings. The normalized spacial score (nSPS) is 12.1. The molecule has 0 bridgehead atoms. The van der Waals surface area contributed by atoms with Gasteiger partial charge in [0.05, 0.1) is 0 Å². The first-order valence-electron chi connectivity index (χ1n) is 8.00. The second-order valence-corrected chi connectivity index (χ2v) is 6.29. The molecular weight excluding hydrogens is 320 g/mol. The molecule has 0 saturated heterocycles. The zero-order valence-corrected chi connectivity index (χ0v) is 14.3. The van der Waals surface area contributed by atoms with E-state index < -0.39 is 0 Å². The minimum atomic E-state index is -0.00725. The standard InChI is InChI=1S/C20H19ClN2O/c1-14(15-9-11-17(21)12-10-15)22-13-20(24)23-19-8-4-6-16-5-2-3-7-18(16)19/h2-12,14,22H,13H2,1H3,(H,23,24)/p+1/t14-/m1/s1. The summed E-state index contributed by atoms with van der Waals surface area (Å²) in [5.41, 5.74) is 2.00. The lowest BCUT2D eigenvalue weighted by Gasteiger charge is -2.12. The van der Waals surface area contributed by atoms with E-state index in [1.54, 1.807) is 0 Å². The second kappa shape index (κ2) is 7.47. The smallest absolute Gasteiger partial charge is 0.279 e. The molecule has 0 aliphatic heterocycles. The van der Waals surface area contributed by atoms with Crippen molar-refractivity contribution in [3.05, 3.63) is 77.3 Å². The Labute approximate surface area is 146 Å². The molecule has 1 atom stereocenters. The molecular formula is C20H20ClN2O+. The van der Waals surface area contributed by atoms with Crippen LogP contribution in [-0.2, 0) is 4.79 Å². The molecule has 3 nitrogen and oxygen atoms in total. The number of nitrogens with one attached hydrogen (secondary N) is 1. The van der Waals surface area contributed by atoms with Crippen LogP contribution in [0.4, 0.5) is 5.69 Å². The van der Waals surface area contributed by atoms with Gasteiger partial charge in [0.1, 0.15) is 6.04 Å². The van der Waals surface area contributed by atoms with Crippen LogP contribution in [-0.4, -0.2) is 12.5 Å². The third-order valence-electron chi connectivity index (χ3n) is 4.12. The Morgan fingerprint density at radius 1 is 1.04 bits per heavy atom. The zero-order valence-electron chi connectivity index (χ0n) is 13.5. The molecule has 0 fully saturated rings. The lowest BCUT2D eigenvalue weighted by molar-refractivity contribution is -0.682. The van der Waals surface area contributed by atoms with E-state index in [9.17, 15) is 4.79 Å². The largest absolute Gasteiger partial charge is 0.333 e. The van der Waals surface area contributed by atoms with E-state index in [1.165, 1.54) is 0 Å². The molecule has 3 aromatic rings. The molecule has 0 aliphatic carbocycles. The van der Waals surface area contributed by atoms with E-state index in [2.05, 4.69) is 12.2 Å². The summed E-state index contributed by atoms with van der Waals surface area (Å²) in [7, 11) is 0. The van der Waals surface area contributed by atoms with E-state index in [-0.39, 0.29) is 11.9 Å². The van der Waals surface area contributed by atoms with Gasteiger partial charge < -0.3 is 10.6 Å². The van der Waals surface area contributed by atoms with Crippen LogP contribution in [0.1, 0.15) is 18.5 Å². The fourth-order valence-electron chi connectivity index (χ4n) is 2.72. The number of quaternary nitrogens is 1. The maximum absolute atomic E-state index is 12.3. The SMILES string of the molecule is C[C@@H]([NH2+]CC(=O)Nc1cccc2ccccc12)c1ccc(Cl)cc1. The van der Waals surface area contributed by atoms with Crippen molar-refractivity contribution in [2.45, 2.75) is 13.0 Å². The fraction of sp³-hybridized carbons (Fsp3) is 0.150. The fourth-order valence-corrected chi connectivity index (χ4v) is 2.85. The van der Waals surface area contributed by atoms with Crippen molar-refractivity contribution in [2.24, 2.45) is 0 Å². The number of carbonyl (C=O) groups excluding carboxylic acids is 1. The predicted molar refractivity (Wildman–Crippen MR) is 99.2 cm³/mol. The Bertz CT molecular complexity index is 840. The van der Waals surface area contributed by atoms with E-state index in [0.29, 0.717) is 6.54 Å². The Morgan fingerprint density at radius 2 is 1.75 bits per heavy atom. The van der Waals surface area contributed by atoms with Gasteiger partial charge >= 0.3 is 0 Å². The first-order chi connectivity index (χ1) is 11.6. The van der Waals surface area contributed by atoms with E-state index in [4.69, 9.17) is 11.6 Å². The Kier molecular flexibility index (Phi) is 5.14. The van der Waals surface area contributed by atoms with Gasteiger partial charge in [0, 0.05) is 21.7 Å². The van der Waals surface area contributed by atoms with Gasteiger partial charge in [-0.2, -0.15) is 0 Å². The highest BCUT2D eigenvalue weighted by molar-refractivity contribution is 6.30. The first kappa shape index (κ1) is 16.5. The number of anilines is 1. The Morgan fingerprint density at radius 3 is 2.54 bits per heavy atom. The summed E-state index contributed by atoms with van der Waals surface area (Å²) in [6.07, 6.45) is 0. The Hall–Kier alpha value is -2.36. The predicted octanol–water partition coefficient (Wildman–Crippen LogP) is 3.76. The first-order valence-corrected chi connectivity index (χ1v) is 8.37. The van der Waals surface area contributed by atoms with Gasteiger partial charge in [-0.15, -0.1) is 0 Å². The number of amides is 1. The molecule has 4 heteroatoms. The van der Waals surface area contributed by atoms with Crippen molar-refractivity contribution in [1.29, 1.82) is 0 Å². The summed E-state index contributed by atoms with van der Waals surface area (Å²) < 4.78 is 0. The van der Waals surface area contributed by atoms with E-state index in [0.717, 1.165) is 27.0 Å². The molecule has 0 aromatic heterocycles. The second-order valence-electron chi connectivity index (χ2n) is 5.85. The lowest BCUT2D eigenvalue weighted by atomic mass is 10.1. The van der Waals surface area contributed by atoms with Crippen LogP contribution >= 0.6 is 11.6 Å². The molecule has 0 heterocycles. The zero-order chi connectivity index (χ0) is 16.9. The number of benzene rings is 3. The van der Waals surface area contributed by atoms with Gasteiger partial charge in [-0.05, 0) is 30.5 Å². The van der Waals surface area contributed by atoms with Crippen LogP contribution in [0.15, 0.2) is 66.7 Å². The number of fused-ring (bicyclic) bond motifs is 1. The molecule has 0 spiro atoms. The van der Waals surface area contributed by atoms with Crippen molar-refractivity contribution in [1.82, 2.24) is 0 Å². The van der Waals surface area contributed by atoms with Crippen molar-refractivity contribution in [3.63, 3.8) is 0 Å². The number of nitrogens with two attached hydrogens (primary N) is 1. The summed E-state index contributed by atoms with van der Waals surface area (Å²) in [5.74, 6) is -0.00725. The topological polar surface area (TPSA) is 45.7 Å². The third-order valence-corrected chi connectivity index (χ3v) is 4.37.